The van der Waals surface area contributed by atoms with Crippen LogP contribution in [0, 0.1) is 0 Å². The predicted octanol–water partition coefficient (Wildman–Crippen LogP) is 4.59. The van der Waals surface area contributed by atoms with Gasteiger partial charge in [0, 0.05) is 0 Å². The number of nitrogens with one attached hydrogen (secondary N) is 1. The number of ether oxygens (including phenoxy) is 1. The molecular weight excluding hydrogens is 438 g/mol. The largest absolute Gasteiger partial charge is 0.495 e. The molecule has 0 bridgehead atoms. The van der Waals surface area contributed by atoms with Crippen molar-refractivity contribution in [3.8, 4) is 22.1 Å². The Kier molecular flexibility index (Phi) is 5.11. The van der Waals surface area contributed by atoms with Gasteiger partial charge in [-0.1, -0.05) is 30.0 Å². The lowest BCUT2D eigenvalue weighted by Gasteiger charge is -2.13. The van der Waals surface area contributed by atoms with Crippen molar-refractivity contribution in [1.29, 1.82) is 0 Å². The Morgan fingerprint density at radius 2 is 2.00 bits per heavy atom. The lowest BCUT2D eigenvalue weighted by atomic mass is 10.3. The smallest absolute Gasteiger partial charge is 0.268 e. The SMILES string of the molecule is COc1ccccc1-n1c(SCc2nc3ccsc3c(=O)[nH]2)nnc1-c1cccs1. The summed E-state index contributed by atoms with van der Waals surface area (Å²) in [6.07, 6.45) is 0. The van der Waals surface area contributed by atoms with Crippen LogP contribution in [0.1, 0.15) is 5.82 Å². The number of nitrogens with zero attached hydrogens (tertiary/aromatic N) is 4. The third-order valence-corrected chi connectivity index (χ3v) is 7.11. The number of thioether (sulfide) groups is 1. The van der Waals surface area contributed by atoms with E-state index in [1.54, 1.807) is 18.4 Å². The average Bonchev–Trinajstić information content (AvgIpc) is 3.52. The fraction of sp³-hybridized carbons (Fsp3) is 0.100. The van der Waals surface area contributed by atoms with E-state index < -0.39 is 0 Å². The first-order chi connectivity index (χ1) is 14.7. The van der Waals surface area contributed by atoms with Crippen LogP contribution in [-0.2, 0) is 5.75 Å². The molecule has 30 heavy (non-hydrogen) atoms. The number of thiophene rings is 2. The van der Waals surface area contributed by atoms with Crippen LogP contribution < -0.4 is 10.3 Å². The third kappa shape index (κ3) is 3.42. The number of methoxy groups -OCH3 is 1. The maximum atomic E-state index is 12.3. The number of benzene rings is 1. The number of aromatic amines is 1. The molecule has 5 aromatic rings. The molecular formula is C20H15N5O2S3. The van der Waals surface area contributed by atoms with Gasteiger partial charge in [-0.25, -0.2) is 4.98 Å². The van der Waals surface area contributed by atoms with Crippen LogP contribution in [0.2, 0.25) is 0 Å². The fourth-order valence-corrected chi connectivity index (χ4v) is 5.32. The summed E-state index contributed by atoms with van der Waals surface area (Å²) in [5.41, 5.74) is 1.45. The second-order valence-corrected chi connectivity index (χ2v) is 9.03. The van der Waals surface area contributed by atoms with Gasteiger partial charge in [-0.3, -0.25) is 9.36 Å². The van der Waals surface area contributed by atoms with Crippen molar-refractivity contribution in [2.45, 2.75) is 10.9 Å². The van der Waals surface area contributed by atoms with Crippen LogP contribution in [0.15, 0.2) is 63.2 Å². The molecule has 0 aliphatic carbocycles. The zero-order valence-electron chi connectivity index (χ0n) is 15.7. The summed E-state index contributed by atoms with van der Waals surface area (Å²) in [6.45, 7) is 0. The van der Waals surface area contributed by atoms with E-state index in [-0.39, 0.29) is 5.56 Å². The first-order valence-corrected chi connectivity index (χ1v) is 11.7. The minimum atomic E-state index is -0.115. The van der Waals surface area contributed by atoms with E-state index >= 15 is 0 Å². The molecule has 0 amide bonds. The molecule has 0 aliphatic rings. The number of fused-ring (bicyclic) bond motifs is 1. The van der Waals surface area contributed by atoms with E-state index in [0.717, 1.165) is 22.1 Å². The Labute approximate surface area is 183 Å². The van der Waals surface area contributed by atoms with Gasteiger partial charge in [0.15, 0.2) is 11.0 Å². The van der Waals surface area contributed by atoms with Gasteiger partial charge in [0.05, 0.1) is 28.9 Å². The molecule has 0 saturated carbocycles. The van der Waals surface area contributed by atoms with Crippen LogP contribution in [0.5, 0.6) is 5.75 Å². The zero-order valence-corrected chi connectivity index (χ0v) is 18.2. The minimum absolute atomic E-state index is 0.115. The number of hydrogen-bond acceptors (Lipinski definition) is 8. The highest BCUT2D eigenvalue weighted by atomic mass is 32.2. The van der Waals surface area contributed by atoms with E-state index in [1.165, 1.54) is 23.1 Å². The minimum Gasteiger partial charge on any atom is -0.495 e. The standard InChI is InChI=1S/C20H15N5O2S3/c1-27-14-6-3-2-5-13(14)25-18(15-7-4-9-28-15)23-24-20(25)30-11-16-21-12-8-10-29-17(12)19(26)22-16/h2-10H,11H2,1H3,(H,21,22,26). The second-order valence-electron chi connectivity index (χ2n) is 6.23. The summed E-state index contributed by atoms with van der Waals surface area (Å²) in [7, 11) is 1.64. The van der Waals surface area contributed by atoms with E-state index in [1.807, 2.05) is 57.8 Å². The molecule has 1 N–H and O–H groups in total. The third-order valence-electron chi connectivity index (χ3n) is 4.40. The lowest BCUT2D eigenvalue weighted by molar-refractivity contribution is 0.412. The monoisotopic (exact) mass is 453 g/mol. The molecule has 0 radical (unpaired) electrons. The van der Waals surface area contributed by atoms with Gasteiger partial charge in [0.1, 0.15) is 16.3 Å². The van der Waals surface area contributed by atoms with Crippen LogP contribution >= 0.6 is 34.4 Å². The topological polar surface area (TPSA) is 85.7 Å². The van der Waals surface area contributed by atoms with Gasteiger partial charge in [-0.15, -0.1) is 32.9 Å². The van der Waals surface area contributed by atoms with Crippen molar-refractivity contribution in [3.05, 3.63) is 69.4 Å². The molecule has 0 atom stereocenters. The molecule has 4 aromatic heterocycles. The van der Waals surface area contributed by atoms with E-state index in [2.05, 4.69) is 20.2 Å². The molecule has 5 rings (SSSR count). The highest BCUT2D eigenvalue weighted by molar-refractivity contribution is 7.98. The quantitative estimate of drug-likeness (QED) is 0.378. The van der Waals surface area contributed by atoms with Gasteiger partial charge >= 0.3 is 0 Å². The van der Waals surface area contributed by atoms with Crippen molar-refractivity contribution >= 4 is 44.7 Å². The summed E-state index contributed by atoms with van der Waals surface area (Å²) in [5, 5.41) is 13.4. The summed E-state index contributed by atoms with van der Waals surface area (Å²) >= 11 is 4.45. The highest BCUT2D eigenvalue weighted by Crippen LogP contribution is 2.34. The highest BCUT2D eigenvalue weighted by Gasteiger charge is 2.20. The molecule has 0 saturated heterocycles. The van der Waals surface area contributed by atoms with Gasteiger partial charge in [0.2, 0.25) is 0 Å². The van der Waals surface area contributed by atoms with E-state index in [9.17, 15) is 4.79 Å². The van der Waals surface area contributed by atoms with Crippen molar-refractivity contribution in [2.24, 2.45) is 0 Å². The van der Waals surface area contributed by atoms with Crippen molar-refractivity contribution in [3.63, 3.8) is 0 Å². The number of H-pyrrole nitrogens is 1. The van der Waals surface area contributed by atoms with Gasteiger partial charge in [0.25, 0.3) is 5.56 Å². The Bertz CT molecular complexity index is 1370. The number of aromatic nitrogens is 5. The van der Waals surface area contributed by atoms with Gasteiger partial charge < -0.3 is 9.72 Å². The maximum absolute atomic E-state index is 12.3. The van der Waals surface area contributed by atoms with Crippen molar-refractivity contribution < 1.29 is 4.74 Å². The van der Waals surface area contributed by atoms with E-state index in [0.29, 0.717) is 27.0 Å². The fourth-order valence-electron chi connectivity index (χ4n) is 3.08. The summed E-state index contributed by atoms with van der Waals surface area (Å²) in [4.78, 5) is 20.7. The van der Waals surface area contributed by atoms with Crippen LogP contribution in [0.25, 0.3) is 26.6 Å². The van der Waals surface area contributed by atoms with Crippen LogP contribution in [0.3, 0.4) is 0 Å². The molecule has 0 fully saturated rings. The Balaban J connectivity index is 1.55. The molecule has 1 aromatic carbocycles. The molecule has 10 heteroatoms. The van der Waals surface area contributed by atoms with Crippen molar-refractivity contribution in [2.75, 3.05) is 7.11 Å². The summed E-state index contributed by atoms with van der Waals surface area (Å²) < 4.78 is 8.20. The Morgan fingerprint density at radius 3 is 2.83 bits per heavy atom. The number of para-hydroxylation sites is 2. The van der Waals surface area contributed by atoms with Gasteiger partial charge in [-0.2, -0.15) is 0 Å². The predicted molar refractivity (Wildman–Crippen MR) is 121 cm³/mol. The second kappa shape index (κ2) is 8.05. The van der Waals surface area contributed by atoms with E-state index in [4.69, 9.17) is 4.74 Å². The molecule has 0 aliphatic heterocycles. The average molecular weight is 454 g/mol. The Morgan fingerprint density at radius 1 is 1.10 bits per heavy atom. The number of hydrogen-bond donors (Lipinski definition) is 1. The normalized spacial score (nSPS) is 11.2. The maximum Gasteiger partial charge on any atom is 0.268 e. The molecule has 150 valence electrons. The molecule has 7 nitrogen and oxygen atoms in total. The molecule has 4 heterocycles. The molecule has 0 spiro atoms. The molecule has 0 unspecified atom stereocenters. The first-order valence-electron chi connectivity index (χ1n) is 8.96. The summed E-state index contributed by atoms with van der Waals surface area (Å²) in [5.74, 6) is 2.52. The van der Waals surface area contributed by atoms with Crippen LogP contribution in [-0.4, -0.2) is 31.8 Å². The van der Waals surface area contributed by atoms with Gasteiger partial charge in [-0.05, 0) is 35.0 Å². The lowest BCUT2D eigenvalue weighted by Crippen LogP contribution is -2.09. The first kappa shape index (κ1) is 19.0. The summed E-state index contributed by atoms with van der Waals surface area (Å²) in [6, 6.07) is 13.6. The Hall–Kier alpha value is -2.95. The van der Waals surface area contributed by atoms with Crippen LogP contribution in [0.4, 0.5) is 0 Å². The van der Waals surface area contributed by atoms with Crippen molar-refractivity contribution in [1.82, 2.24) is 24.7 Å². The number of rotatable bonds is 6. The zero-order chi connectivity index (χ0) is 20.5.